The van der Waals surface area contributed by atoms with Crippen molar-refractivity contribution in [2.24, 2.45) is 4.99 Å². The van der Waals surface area contributed by atoms with Gasteiger partial charge in [0.2, 0.25) is 0 Å². The van der Waals surface area contributed by atoms with Gasteiger partial charge in [0.05, 0.1) is 5.02 Å². The number of carbonyl (C=O) groups is 1. The molecule has 0 bridgehead atoms. The summed E-state index contributed by atoms with van der Waals surface area (Å²) in [5.41, 5.74) is 1.75. The Kier molecular flexibility index (Phi) is 10.5. The minimum atomic E-state index is -0.0369. The molecule has 174 valence electrons. The molecule has 2 unspecified atom stereocenters. The van der Waals surface area contributed by atoms with Crippen LogP contribution in [0.25, 0.3) is 0 Å². The predicted molar refractivity (Wildman–Crippen MR) is 142 cm³/mol. The number of halogens is 2. The van der Waals surface area contributed by atoms with Gasteiger partial charge in [0.1, 0.15) is 5.82 Å². The quantitative estimate of drug-likeness (QED) is 0.268. The fraction of sp³-hybridized carbons (Fsp3) is 0.435. The van der Waals surface area contributed by atoms with Gasteiger partial charge in [0, 0.05) is 50.5 Å². The van der Waals surface area contributed by atoms with Crippen molar-refractivity contribution in [2.45, 2.75) is 45.3 Å². The highest BCUT2D eigenvalue weighted by Crippen LogP contribution is 2.25. The second-order valence-electron chi connectivity index (χ2n) is 7.79. The number of aliphatic imine (C=N–C) groups is 1. The standard InChI is InChI=1S/C23H31ClN6O.HI/c1-4-16(2)28-22(31)18-9-7-17(8-10-18)14-27-23(25-3)29-19-11-13-30(15-19)21-20(24)6-5-12-26-21;/h5-10,12,16,19H,4,11,13-15H2,1-3H3,(H,28,31)(H2,25,27,29);1H. The van der Waals surface area contributed by atoms with E-state index in [9.17, 15) is 4.79 Å². The van der Waals surface area contributed by atoms with Gasteiger partial charge in [-0.2, -0.15) is 0 Å². The Morgan fingerprint density at radius 2 is 2.06 bits per heavy atom. The molecule has 0 saturated carbocycles. The van der Waals surface area contributed by atoms with Gasteiger partial charge >= 0.3 is 0 Å². The zero-order valence-electron chi connectivity index (χ0n) is 18.8. The van der Waals surface area contributed by atoms with E-state index in [0.717, 1.165) is 43.3 Å². The smallest absolute Gasteiger partial charge is 0.251 e. The van der Waals surface area contributed by atoms with E-state index in [-0.39, 0.29) is 42.0 Å². The summed E-state index contributed by atoms with van der Waals surface area (Å²) >= 11 is 6.28. The molecule has 1 saturated heterocycles. The summed E-state index contributed by atoms with van der Waals surface area (Å²) in [6.45, 7) is 6.39. The van der Waals surface area contributed by atoms with Crippen LogP contribution in [0.5, 0.6) is 0 Å². The number of nitrogens with zero attached hydrogens (tertiary/aromatic N) is 3. The molecule has 1 aliphatic rings. The van der Waals surface area contributed by atoms with Gasteiger partial charge in [0.25, 0.3) is 5.91 Å². The molecule has 0 radical (unpaired) electrons. The summed E-state index contributed by atoms with van der Waals surface area (Å²) in [7, 11) is 1.76. The van der Waals surface area contributed by atoms with Crippen molar-refractivity contribution in [1.82, 2.24) is 20.9 Å². The van der Waals surface area contributed by atoms with Crippen LogP contribution >= 0.6 is 35.6 Å². The summed E-state index contributed by atoms with van der Waals surface area (Å²) in [4.78, 5) is 23.1. The molecule has 9 heteroatoms. The molecule has 1 fully saturated rings. The number of amides is 1. The third-order valence-corrected chi connectivity index (χ3v) is 5.75. The van der Waals surface area contributed by atoms with E-state index in [4.69, 9.17) is 11.6 Å². The van der Waals surface area contributed by atoms with Gasteiger partial charge in [-0.3, -0.25) is 9.79 Å². The van der Waals surface area contributed by atoms with E-state index in [2.05, 4.69) is 37.8 Å². The Bertz CT molecular complexity index is 908. The van der Waals surface area contributed by atoms with Crippen molar-refractivity contribution in [3.63, 3.8) is 0 Å². The third kappa shape index (κ3) is 7.23. The van der Waals surface area contributed by atoms with E-state index in [1.807, 2.05) is 43.3 Å². The number of nitrogens with one attached hydrogen (secondary N) is 3. The zero-order valence-corrected chi connectivity index (χ0v) is 21.9. The average molecular weight is 571 g/mol. The molecular formula is C23H32ClIN6O. The van der Waals surface area contributed by atoms with E-state index in [1.54, 1.807) is 13.2 Å². The molecule has 1 amide bonds. The minimum absolute atomic E-state index is 0. The van der Waals surface area contributed by atoms with Crippen molar-refractivity contribution in [3.05, 3.63) is 58.7 Å². The molecule has 1 aliphatic heterocycles. The molecule has 1 aromatic heterocycles. The third-order valence-electron chi connectivity index (χ3n) is 5.46. The maximum Gasteiger partial charge on any atom is 0.251 e. The summed E-state index contributed by atoms with van der Waals surface area (Å²) in [6, 6.07) is 11.8. The number of guanidine groups is 1. The SMILES string of the molecule is CCC(C)NC(=O)c1ccc(CNC(=NC)NC2CCN(c3ncccc3Cl)C2)cc1.I. The maximum atomic E-state index is 12.2. The van der Waals surface area contributed by atoms with E-state index in [1.165, 1.54) is 0 Å². The minimum Gasteiger partial charge on any atom is -0.353 e. The molecule has 0 spiro atoms. The Labute approximate surface area is 212 Å². The number of benzene rings is 1. The van der Waals surface area contributed by atoms with Crippen molar-refractivity contribution in [1.29, 1.82) is 0 Å². The van der Waals surface area contributed by atoms with Crippen LogP contribution in [0.15, 0.2) is 47.6 Å². The molecule has 0 aliphatic carbocycles. The summed E-state index contributed by atoms with van der Waals surface area (Å²) in [6.07, 6.45) is 3.66. The number of anilines is 1. The van der Waals surface area contributed by atoms with Crippen LogP contribution in [0, 0.1) is 0 Å². The Hall–Kier alpha value is -2.07. The highest BCUT2D eigenvalue weighted by Gasteiger charge is 2.25. The second-order valence-corrected chi connectivity index (χ2v) is 8.20. The topological polar surface area (TPSA) is 81.6 Å². The predicted octanol–water partition coefficient (Wildman–Crippen LogP) is 3.83. The number of hydrogen-bond donors (Lipinski definition) is 3. The average Bonchev–Trinajstić information content (AvgIpc) is 3.25. The largest absolute Gasteiger partial charge is 0.353 e. The fourth-order valence-corrected chi connectivity index (χ4v) is 3.68. The van der Waals surface area contributed by atoms with Gasteiger partial charge in [-0.25, -0.2) is 4.98 Å². The van der Waals surface area contributed by atoms with E-state index in [0.29, 0.717) is 17.1 Å². The summed E-state index contributed by atoms with van der Waals surface area (Å²) in [5.74, 6) is 1.54. The zero-order chi connectivity index (χ0) is 22.2. The molecule has 2 aromatic rings. The number of pyridine rings is 1. The van der Waals surface area contributed by atoms with Gasteiger partial charge in [-0.05, 0) is 49.6 Å². The lowest BCUT2D eigenvalue weighted by Gasteiger charge is -2.20. The van der Waals surface area contributed by atoms with Crippen LogP contribution in [0.1, 0.15) is 42.6 Å². The molecule has 3 rings (SSSR count). The van der Waals surface area contributed by atoms with Crippen molar-refractivity contribution >= 4 is 53.3 Å². The molecule has 1 aromatic carbocycles. The monoisotopic (exact) mass is 570 g/mol. The Morgan fingerprint density at radius 3 is 2.72 bits per heavy atom. The van der Waals surface area contributed by atoms with Gasteiger partial charge in [0.15, 0.2) is 5.96 Å². The highest BCUT2D eigenvalue weighted by molar-refractivity contribution is 14.0. The molecule has 7 nitrogen and oxygen atoms in total. The van der Waals surface area contributed by atoms with Crippen LogP contribution in [-0.2, 0) is 6.54 Å². The van der Waals surface area contributed by atoms with Crippen LogP contribution in [0.2, 0.25) is 5.02 Å². The first kappa shape index (κ1) is 26.2. The number of rotatable bonds is 7. The Morgan fingerprint density at radius 1 is 1.31 bits per heavy atom. The van der Waals surface area contributed by atoms with Crippen LogP contribution in [0.3, 0.4) is 0 Å². The lowest BCUT2D eigenvalue weighted by atomic mass is 10.1. The van der Waals surface area contributed by atoms with Crippen molar-refractivity contribution in [2.75, 3.05) is 25.0 Å². The van der Waals surface area contributed by atoms with E-state index < -0.39 is 0 Å². The number of carbonyl (C=O) groups excluding carboxylic acids is 1. The molecule has 2 heterocycles. The first-order chi connectivity index (χ1) is 15.0. The van der Waals surface area contributed by atoms with Crippen LogP contribution < -0.4 is 20.9 Å². The number of hydrogen-bond acceptors (Lipinski definition) is 4. The van der Waals surface area contributed by atoms with Crippen molar-refractivity contribution < 1.29 is 4.79 Å². The van der Waals surface area contributed by atoms with Gasteiger partial charge in [-0.1, -0.05) is 30.7 Å². The lowest BCUT2D eigenvalue weighted by molar-refractivity contribution is 0.0939. The molecular weight excluding hydrogens is 539 g/mol. The summed E-state index contributed by atoms with van der Waals surface area (Å²) in [5, 5.41) is 10.5. The number of aromatic nitrogens is 1. The molecule has 3 N–H and O–H groups in total. The van der Waals surface area contributed by atoms with Gasteiger partial charge < -0.3 is 20.9 Å². The van der Waals surface area contributed by atoms with Crippen LogP contribution in [-0.4, -0.2) is 49.1 Å². The lowest BCUT2D eigenvalue weighted by Crippen LogP contribution is -2.44. The molecule has 32 heavy (non-hydrogen) atoms. The van der Waals surface area contributed by atoms with Crippen LogP contribution in [0.4, 0.5) is 5.82 Å². The van der Waals surface area contributed by atoms with Crippen molar-refractivity contribution in [3.8, 4) is 0 Å². The maximum absolute atomic E-state index is 12.2. The second kappa shape index (κ2) is 12.8. The van der Waals surface area contributed by atoms with Gasteiger partial charge in [-0.15, -0.1) is 24.0 Å². The normalized spacial score (nSPS) is 16.8. The first-order valence-electron chi connectivity index (χ1n) is 10.7. The molecule has 2 atom stereocenters. The van der Waals surface area contributed by atoms with E-state index >= 15 is 0 Å². The summed E-state index contributed by atoms with van der Waals surface area (Å²) < 4.78 is 0. The fourth-order valence-electron chi connectivity index (χ4n) is 3.44. The highest BCUT2D eigenvalue weighted by atomic mass is 127. The first-order valence-corrected chi connectivity index (χ1v) is 11.1. The Balaban J connectivity index is 0.00000363.